The number of amides is 2. The molecule has 2 heterocycles. The van der Waals surface area contributed by atoms with E-state index in [0.29, 0.717) is 11.5 Å². The maximum absolute atomic E-state index is 13.3. The summed E-state index contributed by atoms with van der Waals surface area (Å²) >= 11 is 0. The number of benzene rings is 2. The molecule has 4 unspecified atom stereocenters. The number of halogens is 3. The minimum atomic E-state index is -4.62. The standard InChI is InChI=1S/C24H23F3N2O3/c1-4-14-11-16(23(31)29-21(14)24(25,26)27)22(30)28-20-15-9-8-12(2)10-18(15)32-17-7-5-6-13(3)19(17)20/h4-10,14,16,20-21H,1,11H2,2-3H3,(H,28,30)(H,29,31). The molecule has 2 aliphatic rings. The number of nitrogens with one attached hydrogen (secondary N) is 2. The molecule has 2 N–H and O–H groups in total. The molecule has 4 atom stereocenters. The van der Waals surface area contributed by atoms with Crippen LogP contribution in [0.4, 0.5) is 13.2 Å². The number of alkyl halides is 3. The van der Waals surface area contributed by atoms with Gasteiger partial charge in [0.25, 0.3) is 0 Å². The number of rotatable bonds is 3. The number of hydrogen-bond donors (Lipinski definition) is 2. The molecule has 0 aliphatic carbocycles. The van der Waals surface area contributed by atoms with Gasteiger partial charge in [0.15, 0.2) is 0 Å². The third-order valence-corrected chi connectivity index (χ3v) is 6.08. The molecular formula is C24H23F3N2O3. The Hall–Kier alpha value is -3.29. The van der Waals surface area contributed by atoms with E-state index < -0.39 is 41.9 Å². The molecular weight excluding hydrogens is 421 g/mol. The summed E-state index contributed by atoms with van der Waals surface area (Å²) in [7, 11) is 0. The van der Waals surface area contributed by atoms with Gasteiger partial charge in [0.1, 0.15) is 23.5 Å². The van der Waals surface area contributed by atoms with Crippen LogP contribution in [0.15, 0.2) is 49.1 Å². The summed E-state index contributed by atoms with van der Waals surface area (Å²) in [4.78, 5) is 25.6. The molecule has 0 bridgehead atoms. The lowest BCUT2D eigenvalue weighted by Crippen LogP contribution is -2.58. The molecule has 2 aromatic carbocycles. The molecule has 32 heavy (non-hydrogen) atoms. The molecule has 2 aliphatic heterocycles. The average molecular weight is 444 g/mol. The van der Waals surface area contributed by atoms with Gasteiger partial charge in [0, 0.05) is 17.0 Å². The number of piperidine rings is 1. The highest BCUT2D eigenvalue weighted by molar-refractivity contribution is 6.01. The fourth-order valence-corrected chi connectivity index (χ4v) is 4.41. The molecule has 4 rings (SSSR count). The summed E-state index contributed by atoms with van der Waals surface area (Å²) in [5, 5.41) is 4.86. The average Bonchev–Trinajstić information content (AvgIpc) is 2.72. The summed E-state index contributed by atoms with van der Waals surface area (Å²) in [6.07, 6.45) is -3.75. The summed E-state index contributed by atoms with van der Waals surface area (Å²) in [5.41, 5.74) is 3.33. The zero-order valence-corrected chi connectivity index (χ0v) is 17.6. The molecule has 1 saturated heterocycles. The fraction of sp³-hybridized carbons (Fsp3) is 0.333. The van der Waals surface area contributed by atoms with E-state index >= 15 is 0 Å². The number of carbonyl (C=O) groups excluding carboxylic acids is 2. The Balaban J connectivity index is 1.65. The summed E-state index contributed by atoms with van der Waals surface area (Å²) in [6, 6.07) is 8.46. The number of fused-ring (bicyclic) bond motifs is 2. The van der Waals surface area contributed by atoms with Gasteiger partial charge in [-0.1, -0.05) is 30.3 Å². The normalized spacial score (nSPS) is 24.5. The molecule has 0 radical (unpaired) electrons. The lowest BCUT2D eigenvalue weighted by atomic mass is 9.82. The molecule has 2 aromatic rings. The van der Waals surface area contributed by atoms with Crippen LogP contribution in [0.3, 0.4) is 0 Å². The smallest absolute Gasteiger partial charge is 0.409 e. The quantitative estimate of drug-likeness (QED) is 0.542. The first-order valence-corrected chi connectivity index (χ1v) is 10.3. The van der Waals surface area contributed by atoms with Crippen molar-refractivity contribution in [3.05, 3.63) is 71.3 Å². The first kappa shape index (κ1) is 21.9. The van der Waals surface area contributed by atoms with Crippen LogP contribution in [0, 0.1) is 25.7 Å². The second-order valence-corrected chi connectivity index (χ2v) is 8.29. The van der Waals surface area contributed by atoms with E-state index in [9.17, 15) is 22.8 Å². The van der Waals surface area contributed by atoms with E-state index in [1.54, 1.807) is 6.07 Å². The van der Waals surface area contributed by atoms with E-state index in [4.69, 9.17) is 4.74 Å². The third kappa shape index (κ3) is 3.85. The van der Waals surface area contributed by atoms with Crippen LogP contribution >= 0.6 is 0 Å². The molecule has 0 saturated carbocycles. The molecule has 8 heteroatoms. The van der Waals surface area contributed by atoms with Crippen LogP contribution in [-0.4, -0.2) is 24.0 Å². The van der Waals surface area contributed by atoms with E-state index in [1.807, 2.05) is 49.5 Å². The molecule has 0 aromatic heterocycles. The lowest BCUT2D eigenvalue weighted by Gasteiger charge is -2.36. The number of hydrogen-bond acceptors (Lipinski definition) is 3. The second kappa shape index (κ2) is 8.00. The fourth-order valence-electron chi connectivity index (χ4n) is 4.41. The van der Waals surface area contributed by atoms with E-state index in [-0.39, 0.29) is 6.42 Å². The van der Waals surface area contributed by atoms with Crippen LogP contribution in [0.1, 0.15) is 34.7 Å². The highest BCUT2D eigenvalue weighted by atomic mass is 19.4. The van der Waals surface area contributed by atoms with Gasteiger partial charge in [-0.2, -0.15) is 13.2 Å². The maximum Gasteiger partial charge on any atom is 0.409 e. The van der Waals surface area contributed by atoms with Crippen molar-refractivity contribution >= 4 is 11.8 Å². The van der Waals surface area contributed by atoms with Gasteiger partial charge in [-0.15, -0.1) is 6.58 Å². The highest BCUT2D eigenvalue weighted by Gasteiger charge is 2.50. The first-order valence-electron chi connectivity index (χ1n) is 10.3. The minimum absolute atomic E-state index is 0.268. The van der Waals surface area contributed by atoms with Crippen molar-refractivity contribution in [3.63, 3.8) is 0 Å². The molecule has 0 spiro atoms. The Morgan fingerprint density at radius 2 is 1.97 bits per heavy atom. The van der Waals surface area contributed by atoms with Crippen molar-refractivity contribution < 1.29 is 27.5 Å². The minimum Gasteiger partial charge on any atom is -0.457 e. The molecule has 5 nitrogen and oxygen atoms in total. The number of aryl methyl sites for hydroxylation is 2. The third-order valence-electron chi connectivity index (χ3n) is 6.08. The predicted octanol–water partition coefficient (Wildman–Crippen LogP) is 4.48. The molecule has 2 amide bonds. The van der Waals surface area contributed by atoms with Crippen molar-refractivity contribution in [3.8, 4) is 11.5 Å². The highest BCUT2D eigenvalue weighted by Crippen LogP contribution is 2.45. The van der Waals surface area contributed by atoms with Gasteiger partial charge in [-0.05, 0) is 43.5 Å². The van der Waals surface area contributed by atoms with Gasteiger partial charge in [0.05, 0.1) is 6.04 Å². The van der Waals surface area contributed by atoms with E-state index in [1.165, 1.54) is 0 Å². The number of ether oxygens (including phenoxy) is 1. The predicted molar refractivity (Wildman–Crippen MR) is 112 cm³/mol. The van der Waals surface area contributed by atoms with Crippen LogP contribution < -0.4 is 15.4 Å². The van der Waals surface area contributed by atoms with Crippen molar-refractivity contribution in [2.75, 3.05) is 0 Å². The number of carbonyl (C=O) groups is 2. The Morgan fingerprint density at radius 3 is 2.66 bits per heavy atom. The van der Waals surface area contributed by atoms with Crippen molar-refractivity contribution in [2.45, 2.75) is 38.5 Å². The lowest BCUT2D eigenvalue weighted by molar-refractivity contribution is -0.178. The van der Waals surface area contributed by atoms with Crippen molar-refractivity contribution in [1.29, 1.82) is 0 Å². The first-order chi connectivity index (χ1) is 15.1. The van der Waals surface area contributed by atoms with Gasteiger partial charge in [0.2, 0.25) is 11.8 Å². The van der Waals surface area contributed by atoms with Crippen LogP contribution in [0.5, 0.6) is 11.5 Å². The van der Waals surface area contributed by atoms with Crippen molar-refractivity contribution in [1.82, 2.24) is 10.6 Å². The zero-order chi connectivity index (χ0) is 23.2. The van der Waals surface area contributed by atoms with Gasteiger partial charge in [-0.25, -0.2) is 0 Å². The zero-order valence-electron chi connectivity index (χ0n) is 17.6. The van der Waals surface area contributed by atoms with E-state index in [0.717, 1.165) is 28.3 Å². The Labute approximate surface area is 183 Å². The topological polar surface area (TPSA) is 67.4 Å². The summed E-state index contributed by atoms with van der Waals surface area (Å²) < 4.78 is 45.9. The van der Waals surface area contributed by atoms with Gasteiger partial charge in [-0.3, -0.25) is 9.59 Å². The summed E-state index contributed by atoms with van der Waals surface area (Å²) in [6.45, 7) is 7.27. The van der Waals surface area contributed by atoms with E-state index in [2.05, 4.69) is 11.9 Å². The monoisotopic (exact) mass is 444 g/mol. The largest absolute Gasteiger partial charge is 0.457 e. The summed E-state index contributed by atoms with van der Waals surface area (Å²) in [5.74, 6) is -2.76. The van der Waals surface area contributed by atoms with Crippen molar-refractivity contribution in [2.24, 2.45) is 11.8 Å². The van der Waals surface area contributed by atoms with Crippen LogP contribution in [-0.2, 0) is 9.59 Å². The van der Waals surface area contributed by atoms with Crippen LogP contribution in [0.2, 0.25) is 0 Å². The SMILES string of the molecule is C=CC1CC(C(=O)NC2c3ccc(C)cc3Oc3cccc(C)c32)C(=O)NC1C(F)(F)F. The molecule has 168 valence electrons. The van der Waals surface area contributed by atoms with Gasteiger partial charge < -0.3 is 15.4 Å². The Bertz CT molecular complexity index is 1100. The Morgan fingerprint density at radius 1 is 1.22 bits per heavy atom. The second-order valence-electron chi connectivity index (χ2n) is 8.29. The Kier molecular flexibility index (Phi) is 5.48. The maximum atomic E-state index is 13.3. The molecule has 1 fully saturated rings. The van der Waals surface area contributed by atoms with Gasteiger partial charge >= 0.3 is 6.18 Å². The van der Waals surface area contributed by atoms with Crippen LogP contribution in [0.25, 0.3) is 0 Å².